The van der Waals surface area contributed by atoms with E-state index in [0.29, 0.717) is 23.5 Å². The average molecular weight is 404 g/mol. The lowest BCUT2D eigenvalue weighted by atomic mass is 10.1. The van der Waals surface area contributed by atoms with Gasteiger partial charge in [0.25, 0.3) is 0 Å². The summed E-state index contributed by atoms with van der Waals surface area (Å²) in [5.74, 6) is 0.0622. The summed E-state index contributed by atoms with van der Waals surface area (Å²) in [4.78, 5) is 29.5. The van der Waals surface area contributed by atoms with E-state index in [-0.39, 0.29) is 17.7 Å². The number of anilines is 1. The van der Waals surface area contributed by atoms with E-state index < -0.39 is 0 Å². The number of rotatable bonds is 7. The highest BCUT2D eigenvalue weighted by molar-refractivity contribution is 7.08. The fourth-order valence-corrected chi connectivity index (χ4v) is 3.96. The molecule has 3 heterocycles. The van der Waals surface area contributed by atoms with Crippen LogP contribution in [0.3, 0.4) is 0 Å². The third-order valence-corrected chi connectivity index (χ3v) is 5.43. The van der Waals surface area contributed by atoms with Gasteiger partial charge < -0.3 is 14.5 Å². The van der Waals surface area contributed by atoms with Gasteiger partial charge >= 0.3 is 0 Å². The van der Waals surface area contributed by atoms with Gasteiger partial charge in [0, 0.05) is 43.1 Å². The van der Waals surface area contributed by atoms with E-state index in [2.05, 4.69) is 15.7 Å². The zero-order valence-electron chi connectivity index (χ0n) is 15.9. The first-order valence-electron chi connectivity index (χ1n) is 9.18. The smallest absolute Gasteiger partial charge is 0.228 e. The summed E-state index contributed by atoms with van der Waals surface area (Å²) in [6.07, 6.45) is 7.53. The minimum Gasteiger partial charge on any atom is -0.346 e. The molecule has 1 amide bonds. The van der Waals surface area contributed by atoms with Crippen LogP contribution in [0.4, 0.5) is 5.69 Å². The van der Waals surface area contributed by atoms with Crippen molar-refractivity contribution >= 4 is 28.7 Å². The van der Waals surface area contributed by atoms with Crippen molar-refractivity contribution in [1.29, 1.82) is 0 Å². The first kappa shape index (κ1) is 18.9. The first-order chi connectivity index (χ1) is 14.1. The third-order valence-electron chi connectivity index (χ3n) is 4.73. The second kappa shape index (κ2) is 8.28. The molecule has 7 heteroatoms. The Morgan fingerprint density at radius 1 is 1.14 bits per heavy atom. The topological polar surface area (TPSA) is 68.9 Å². The van der Waals surface area contributed by atoms with Crippen LogP contribution in [0.5, 0.6) is 0 Å². The van der Waals surface area contributed by atoms with Crippen molar-refractivity contribution in [1.82, 2.24) is 14.1 Å². The number of amides is 1. The Labute approximate surface area is 172 Å². The number of hydrogen-bond acceptors (Lipinski definition) is 4. The van der Waals surface area contributed by atoms with Gasteiger partial charge in [-0.05, 0) is 46.7 Å². The SMILES string of the molecule is Cn1ccnc1C(=O)c1cccc(NC(=O)C[C@H](c2ccsc2)n2cccc2)c1. The van der Waals surface area contributed by atoms with E-state index in [0.717, 1.165) is 5.56 Å². The van der Waals surface area contributed by atoms with E-state index in [1.165, 1.54) is 0 Å². The van der Waals surface area contributed by atoms with Gasteiger partial charge in [-0.2, -0.15) is 11.3 Å². The molecular formula is C22H20N4O2S. The van der Waals surface area contributed by atoms with Gasteiger partial charge in [-0.25, -0.2) is 4.98 Å². The van der Waals surface area contributed by atoms with Crippen molar-refractivity contribution in [3.8, 4) is 0 Å². The summed E-state index contributed by atoms with van der Waals surface area (Å²) in [5.41, 5.74) is 2.17. The number of ketones is 1. The number of imidazole rings is 1. The largest absolute Gasteiger partial charge is 0.346 e. The zero-order chi connectivity index (χ0) is 20.2. The number of aromatic nitrogens is 3. The highest BCUT2D eigenvalue weighted by Gasteiger charge is 2.19. The molecule has 0 saturated heterocycles. The zero-order valence-corrected chi connectivity index (χ0v) is 16.7. The van der Waals surface area contributed by atoms with Gasteiger partial charge in [0.15, 0.2) is 5.82 Å². The van der Waals surface area contributed by atoms with Crippen LogP contribution in [-0.2, 0) is 11.8 Å². The molecule has 0 radical (unpaired) electrons. The maximum atomic E-state index is 12.8. The molecule has 4 aromatic rings. The quantitative estimate of drug-likeness (QED) is 0.471. The number of carbonyl (C=O) groups is 2. The fraction of sp³-hybridized carbons (Fsp3) is 0.136. The van der Waals surface area contributed by atoms with E-state index in [1.54, 1.807) is 59.6 Å². The van der Waals surface area contributed by atoms with E-state index in [4.69, 9.17) is 0 Å². The van der Waals surface area contributed by atoms with Gasteiger partial charge in [0.2, 0.25) is 11.7 Å². The average Bonchev–Trinajstić information content (AvgIpc) is 3.48. The number of aryl methyl sites for hydroxylation is 1. The van der Waals surface area contributed by atoms with Crippen molar-refractivity contribution in [3.63, 3.8) is 0 Å². The van der Waals surface area contributed by atoms with Crippen molar-refractivity contribution in [3.05, 3.63) is 95.0 Å². The summed E-state index contributed by atoms with van der Waals surface area (Å²) >= 11 is 1.61. The number of carbonyl (C=O) groups excluding carboxylic acids is 2. The van der Waals surface area contributed by atoms with Crippen LogP contribution in [0.15, 0.2) is 78.0 Å². The van der Waals surface area contributed by atoms with Crippen LogP contribution in [0.25, 0.3) is 0 Å². The van der Waals surface area contributed by atoms with E-state index in [9.17, 15) is 9.59 Å². The van der Waals surface area contributed by atoms with Crippen molar-refractivity contribution in [2.75, 3.05) is 5.32 Å². The number of benzene rings is 1. The second-order valence-electron chi connectivity index (χ2n) is 6.73. The minimum absolute atomic E-state index is 0.0753. The van der Waals surface area contributed by atoms with Gasteiger partial charge in [-0.3, -0.25) is 9.59 Å². The third kappa shape index (κ3) is 4.20. The lowest BCUT2D eigenvalue weighted by molar-refractivity contribution is -0.116. The predicted molar refractivity (Wildman–Crippen MR) is 113 cm³/mol. The molecule has 1 N–H and O–H groups in total. The molecule has 146 valence electrons. The summed E-state index contributed by atoms with van der Waals surface area (Å²) in [7, 11) is 1.78. The fourth-order valence-electron chi connectivity index (χ4n) is 3.25. The monoisotopic (exact) mass is 404 g/mol. The first-order valence-corrected chi connectivity index (χ1v) is 10.1. The molecule has 0 aliphatic heterocycles. The molecule has 1 aromatic carbocycles. The molecule has 29 heavy (non-hydrogen) atoms. The molecule has 0 aliphatic rings. The summed E-state index contributed by atoms with van der Waals surface area (Å²) in [6, 6.07) is 12.8. The van der Waals surface area contributed by atoms with Crippen LogP contribution < -0.4 is 5.32 Å². The highest BCUT2D eigenvalue weighted by Crippen LogP contribution is 2.25. The van der Waals surface area contributed by atoms with E-state index in [1.807, 2.05) is 40.5 Å². The van der Waals surface area contributed by atoms with Crippen LogP contribution in [-0.4, -0.2) is 25.8 Å². The molecule has 6 nitrogen and oxygen atoms in total. The van der Waals surface area contributed by atoms with Crippen LogP contribution in [0.2, 0.25) is 0 Å². The number of nitrogens with zero attached hydrogens (tertiary/aromatic N) is 3. The van der Waals surface area contributed by atoms with Gasteiger partial charge in [-0.15, -0.1) is 0 Å². The number of thiophene rings is 1. The molecule has 0 unspecified atom stereocenters. The Hall–Kier alpha value is -3.45. The Morgan fingerprint density at radius 2 is 1.97 bits per heavy atom. The van der Waals surface area contributed by atoms with Crippen molar-refractivity contribution in [2.45, 2.75) is 12.5 Å². The van der Waals surface area contributed by atoms with Crippen molar-refractivity contribution in [2.24, 2.45) is 7.05 Å². The molecule has 1 atom stereocenters. The van der Waals surface area contributed by atoms with Crippen molar-refractivity contribution < 1.29 is 9.59 Å². The molecule has 4 rings (SSSR count). The summed E-state index contributed by atoms with van der Waals surface area (Å²) < 4.78 is 3.71. The second-order valence-corrected chi connectivity index (χ2v) is 7.51. The lowest BCUT2D eigenvalue weighted by Gasteiger charge is -2.18. The van der Waals surface area contributed by atoms with Gasteiger partial charge in [0.1, 0.15) is 0 Å². The predicted octanol–water partition coefficient (Wildman–Crippen LogP) is 4.13. The van der Waals surface area contributed by atoms with Crippen LogP contribution in [0, 0.1) is 0 Å². The Morgan fingerprint density at radius 3 is 2.66 bits per heavy atom. The standard InChI is InChI=1S/C22H20N4O2S/c1-25-11-8-23-22(25)21(28)16-5-4-6-18(13-16)24-20(27)14-19(17-7-12-29-15-17)26-9-2-3-10-26/h2-13,15,19H,14H2,1H3,(H,24,27)/t19-/m1/s1. The molecule has 0 spiro atoms. The molecular weight excluding hydrogens is 384 g/mol. The van der Waals surface area contributed by atoms with E-state index >= 15 is 0 Å². The highest BCUT2D eigenvalue weighted by atomic mass is 32.1. The Kier molecular flexibility index (Phi) is 5.39. The maximum absolute atomic E-state index is 12.8. The minimum atomic E-state index is -0.183. The number of nitrogens with one attached hydrogen (secondary N) is 1. The molecule has 0 saturated carbocycles. The maximum Gasteiger partial charge on any atom is 0.228 e. The molecule has 3 aromatic heterocycles. The Bertz CT molecular complexity index is 1080. The summed E-state index contributed by atoms with van der Waals surface area (Å²) in [6.45, 7) is 0. The molecule has 0 aliphatic carbocycles. The Balaban J connectivity index is 1.50. The lowest BCUT2D eigenvalue weighted by Crippen LogP contribution is -2.19. The normalized spacial score (nSPS) is 11.9. The van der Waals surface area contributed by atoms with Gasteiger partial charge in [-0.1, -0.05) is 12.1 Å². The number of hydrogen-bond donors (Lipinski definition) is 1. The van der Waals surface area contributed by atoms with Crippen LogP contribution >= 0.6 is 11.3 Å². The van der Waals surface area contributed by atoms with Crippen LogP contribution in [0.1, 0.15) is 34.2 Å². The molecule has 0 bridgehead atoms. The van der Waals surface area contributed by atoms with Gasteiger partial charge in [0.05, 0.1) is 12.5 Å². The molecule has 0 fully saturated rings. The summed E-state index contributed by atoms with van der Waals surface area (Å²) in [5, 5.41) is 6.99.